The molecule has 0 radical (unpaired) electrons. The lowest BCUT2D eigenvalue weighted by Gasteiger charge is -2.12. The first-order chi connectivity index (χ1) is 6.84. The van der Waals surface area contributed by atoms with Crippen LogP contribution in [-0.4, -0.2) is 33.3 Å². The molecule has 0 atom stereocenters. The van der Waals surface area contributed by atoms with Gasteiger partial charge >= 0.3 is 5.66 Å². The van der Waals surface area contributed by atoms with Crippen molar-refractivity contribution in [3.63, 3.8) is 0 Å². The van der Waals surface area contributed by atoms with Gasteiger partial charge in [0.05, 0.1) is 22.1 Å². The molecule has 8 nitrogen and oxygen atoms in total. The zero-order valence-corrected chi connectivity index (χ0v) is 9.52. The van der Waals surface area contributed by atoms with Gasteiger partial charge in [-0.2, -0.15) is 0 Å². The summed E-state index contributed by atoms with van der Waals surface area (Å²) >= 11 is 2.87. The Kier molecular flexibility index (Phi) is 5.12. The fourth-order valence-corrected chi connectivity index (χ4v) is 0.933. The van der Waals surface area contributed by atoms with Gasteiger partial charge in [0, 0.05) is 6.54 Å². The first-order valence-electron chi connectivity index (χ1n) is 3.96. The van der Waals surface area contributed by atoms with E-state index in [9.17, 15) is 25.0 Å². The molecule has 9 heteroatoms. The molecule has 1 N–H and O–H groups in total. The van der Waals surface area contributed by atoms with Gasteiger partial charge in [-0.05, 0) is 0 Å². The number of carbonyl (C=O) groups excluding carboxylic acids is 1. The van der Waals surface area contributed by atoms with Crippen molar-refractivity contribution < 1.29 is 14.6 Å². The Balaban J connectivity index is 4.27. The number of hydrogen-bond donors (Lipinski definition) is 1. The molecule has 0 spiro atoms. The van der Waals surface area contributed by atoms with Gasteiger partial charge in [-0.15, -0.1) is 0 Å². The number of amides is 1. The molecule has 0 aromatic rings. The number of nitro groups is 2. The summed E-state index contributed by atoms with van der Waals surface area (Å²) in [5.41, 5.74) is -2.25. The van der Waals surface area contributed by atoms with Crippen LogP contribution in [0.3, 0.4) is 0 Å². The smallest absolute Gasteiger partial charge is 0.355 e. The highest BCUT2D eigenvalue weighted by Gasteiger charge is 2.49. The second kappa shape index (κ2) is 5.59. The third-order valence-corrected chi connectivity index (χ3v) is 2.34. The van der Waals surface area contributed by atoms with Crippen LogP contribution in [-0.2, 0) is 4.79 Å². The van der Waals surface area contributed by atoms with Crippen LogP contribution in [0, 0.1) is 20.2 Å². The van der Waals surface area contributed by atoms with E-state index in [4.69, 9.17) is 0 Å². The van der Waals surface area contributed by atoms with Gasteiger partial charge in [-0.3, -0.25) is 25.0 Å². The minimum atomic E-state index is -2.25. The molecule has 0 aliphatic heterocycles. The zero-order valence-electron chi connectivity index (χ0n) is 7.93. The van der Waals surface area contributed by atoms with E-state index in [0.29, 0.717) is 0 Å². The molecule has 0 rings (SSSR count). The van der Waals surface area contributed by atoms with Crippen molar-refractivity contribution in [3.05, 3.63) is 20.2 Å². The van der Waals surface area contributed by atoms with Gasteiger partial charge in [0.25, 0.3) is 0 Å². The van der Waals surface area contributed by atoms with Crippen LogP contribution < -0.4 is 5.32 Å². The molecular weight excluding hydrogens is 274 g/mol. The summed E-state index contributed by atoms with van der Waals surface area (Å²) < 4.78 is 0. The summed E-state index contributed by atoms with van der Waals surface area (Å²) in [7, 11) is 0. The summed E-state index contributed by atoms with van der Waals surface area (Å²) in [6.45, 7) is 0.802. The quantitative estimate of drug-likeness (QED) is 0.323. The number of nitrogens with one attached hydrogen (secondary N) is 1. The van der Waals surface area contributed by atoms with E-state index in [2.05, 4.69) is 21.2 Å². The lowest BCUT2D eigenvalue weighted by molar-refractivity contribution is -0.792. The molecule has 0 saturated carbocycles. The molecule has 0 bridgehead atoms. The van der Waals surface area contributed by atoms with Crippen molar-refractivity contribution in [2.24, 2.45) is 0 Å². The summed E-state index contributed by atoms with van der Waals surface area (Å²) in [5.74, 6) is -0.371. The fraction of sp³-hybridized carbons (Fsp3) is 0.833. The molecule has 0 unspecified atom stereocenters. The minimum absolute atomic E-state index is 0.0562. The van der Waals surface area contributed by atoms with Crippen molar-refractivity contribution in [3.8, 4) is 0 Å². The predicted molar refractivity (Wildman–Crippen MR) is 53.8 cm³/mol. The highest BCUT2D eigenvalue weighted by Crippen LogP contribution is 2.13. The third-order valence-electron chi connectivity index (χ3n) is 1.83. The molecule has 0 aromatic heterocycles. The molecular formula is C6H10BrN3O5. The molecule has 0 heterocycles. The van der Waals surface area contributed by atoms with Crippen LogP contribution in [0.15, 0.2) is 0 Å². The first kappa shape index (κ1) is 13.8. The van der Waals surface area contributed by atoms with Crippen LogP contribution in [0.1, 0.15) is 13.3 Å². The molecule has 0 aliphatic rings. The summed E-state index contributed by atoms with van der Waals surface area (Å²) in [6.07, 6.45) is -0.355. The van der Waals surface area contributed by atoms with Crippen molar-refractivity contribution >= 4 is 21.8 Å². The average molecular weight is 284 g/mol. The van der Waals surface area contributed by atoms with Crippen LogP contribution in [0.4, 0.5) is 0 Å². The molecule has 0 aromatic carbocycles. The normalized spacial score (nSPS) is 10.8. The Hall–Kier alpha value is -1.25. The number of halogens is 1. The average Bonchev–Trinajstić information content (AvgIpc) is 2.16. The molecule has 0 fully saturated rings. The summed E-state index contributed by atoms with van der Waals surface area (Å²) in [6, 6.07) is 0. The molecule has 86 valence electrons. The Labute approximate surface area is 93.4 Å². The third kappa shape index (κ3) is 3.78. The van der Waals surface area contributed by atoms with E-state index in [0.717, 1.165) is 6.92 Å². The Morgan fingerprint density at radius 1 is 1.40 bits per heavy atom. The Morgan fingerprint density at radius 2 is 1.87 bits per heavy atom. The number of alkyl halides is 1. The Bertz CT molecular complexity index is 268. The highest BCUT2D eigenvalue weighted by molar-refractivity contribution is 9.09. The standard InChI is InChI=1S/C6H10BrN3O5/c1-6(9(12)13,10(14)15)2-3-8-5(11)4-7/h2-4H2,1H3,(H,8,11). The van der Waals surface area contributed by atoms with Gasteiger partial charge in [-0.25, -0.2) is 0 Å². The maximum absolute atomic E-state index is 10.7. The van der Waals surface area contributed by atoms with Crippen molar-refractivity contribution in [1.82, 2.24) is 5.32 Å². The van der Waals surface area contributed by atoms with E-state index >= 15 is 0 Å². The SMILES string of the molecule is CC(CCNC(=O)CBr)([N+](=O)[O-])[N+](=O)[O-]. The predicted octanol–water partition coefficient (Wildman–Crippen LogP) is 0.157. The van der Waals surface area contributed by atoms with Crippen LogP contribution >= 0.6 is 15.9 Å². The van der Waals surface area contributed by atoms with Crippen molar-refractivity contribution in [2.75, 3.05) is 11.9 Å². The van der Waals surface area contributed by atoms with Crippen LogP contribution in [0.5, 0.6) is 0 Å². The highest BCUT2D eigenvalue weighted by atomic mass is 79.9. The number of nitrogens with zero attached hydrogens (tertiary/aromatic N) is 2. The zero-order chi connectivity index (χ0) is 12.1. The van der Waals surface area contributed by atoms with Crippen LogP contribution in [0.25, 0.3) is 0 Å². The molecule has 0 aliphatic carbocycles. The largest absolute Gasteiger partial charge is 0.457 e. The first-order valence-corrected chi connectivity index (χ1v) is 5.08. The van der Waals surface area contributed by atoms with Crippen molar-refractivity contribution in [2.45, 2.75) is 19.0 Å². The molecule has 15 heavy (non-hydrogen) atoms. The van der Waals surface area contributed by atoms with E-state index < -0.39 is 15.5 Å². The van der Waals surface area contributed by atoms with Gasteiger partial charge < -0.3 is 5.32 Å². The monoisotopic (exact) mass is 283 g/mol. The molecule has 0 saturated heterocycles. The topological polar surface area (TPSA) is 115 Å². The second-order valence-corrected chi connectivity index (χ2v) is 3.53. The van der Waals surface area contributed by atoms with Gasteiger partial charge in [0.2, 0.25) is 5.91 Å². The maximum Gasteiger partial charge on any atom is 0.457 e. The van der Waals surface area contributed by atoms with Gasteiger partial charge in [-0.1, -0.05) is 15.9 Å². The molecule has 1 amide bonds. The second-order valence-electron chi connectivity index (χ2n) is 2.96. The van der Waals surface area contributed by atoms with Gasteiger partial charge in [0.15, 0.2) is 0 Å². The summed E-state index contributed by atoms with van der Waals surface area (Å²) in [5, 5.41) is 23.3. The fourth-order valence-electron chi connectivity index (χ4n) is 0.735. The van der Waals surface area contributed by atoms with E-state index in [1.54, 1.807) is 0 Å². The van der Waals surface area contributed by atoms with E-state index in [-0.39, 0.29) is 24.2 Å². The maximum atomic E-state index is 10.7. The number of rotatable bonds is 6. The number of carbonyl (C=O) groups is 1. The van der Waals surface area contributed by atoms with E-state index in [1.807, 2.05) is 0 Å². The van der Waals surface area contributed by atoms with Crippen molar-refractivity contribution in [1.29, 1.82) is 0 Å². The van der Waals surface area contributed by atoms with E-state index in [1.165, 1.54) is 0 Å². The summed E-state index contributed by atoms with van der Waals surface area (Å²) in [4.78, 5) is 29.7. The minimum Gasteiger partial charge on any atom is -0.355 e. The lowest BCUT2D eigenvalue weighted by Crippen LogP contribution is -2.45. The Morgan fingerprint density at radius 3 is 2.20 bits per heavy atom. The van der Waals surface area contributed by atoms with Crippen LogP contribution in [0.2, 0.25) is 0 Å². The van der Waals surface area contributed by atoms with Gasteiger partial charge in [0.1, 0.15) is 6.42 Å². The number of hydrogen-bond acceptors (Lipinski definition) is 5. The lowest BCUT2D eigenvalue weighted by atomic mass is 10.1.